The predicted octanol–water partition coefficient (Wildman–Crippen LogP) is 1.16. The zero-order valence-corrected chi connectivity index (χ0v) is 17.0. The number of hydrogen-bond acceptors (Lipinski definition) is 4. The molecule has 2 fully saturated rings. The lowest BCUT2D eigenvalue weighted by atomic mass is 9.89. The van der Waals surface area contributed by atoms with Crippen LogP contribution in [0.5, 0.6) is 0 Å². The fourth-order valence-corrected chi connectivity index (χ4v) is 4.20. The molecule has 2 saturated heterocycles. The van der Waals surface area contributed by atoms with E-state index in [4.69, 9.17) is 5.73 Å². The number of halogens is 1. The highest BCUT2D eigenvalue weighted by Gasteiger charge is 2.38. The summed E-state index contributed by atoms with van der Waals surface area (Å²) >= 11 is 0. The Bertz CT molecular complexity index is 634. The highest BCUT2D eigenvalue weighted by Crippen LogP contribution is 2.33. The highest BCUT2D eigenvalue weighted by atomic mass is 35.5. The van der Waals surface area contributed by atoms with Gasteiger partial charge in [-0.05, 0) is 24.9 Å². The van der Waals surface area contributed by atoms with Gasteiger partial charge in [0.15, 0.2) is 0 Å². The molecule has 1 aromatic carbocycles. The molecular formula is C20H31ClN4O2. The minimum Gasteiger partial charge on any atom is -0.339 e. The molecule has 2 N–H and O–H groups in total. The van der Waals surface area contributed by atoms with E-state index in [0.29, 0.717) is 44.6 Å². The molecule has 0 aliphatic carbocycles. The summed E-state index contributed by atoms with van der Waals surface area (Å²) in [5.74, 6) is 1.01. The second-order valence-corrected chi connectivity index (χ2v) is 7.47. The first-order valence-electron chi connectivity index (χ1n) is 9.54. The Morgan fingerprint density at radius 2 is 1.67 bits per heavy atom. The molecule has 7 heteroatoms. The fraction of sp³-hybridized carbons (Fsp3) is 0.600. The highest BCUT2D eigenvalue weighted by molar-refractivity contribution is 5.85. The van der Waals surface area contributed by atoms with E-state index in [0.717, 1.165) is 13.1 Å². The summed E-state index contributed by atoms with van der Waals surface area (Å²) < 4.78 is 0. The van der Waals surface area contributed by atoms with Crippen LogP contribution < -0.4 is 5.73 Å². The second kappa shape index (κ2) is 9.53. The number of likely N-dealkylation sites (tertiary alicyclic amines) is 1. The molecule has 2 aliphatic rings. The Kier molecular flexibility index (Phi) is 7.65. The Labute approximate surface area is 168 Å². The number of carbonyl (C=O) groups is 2. The maximum atomic E-state index is 12.9. The molecule has 1 unspecified atom stereocenters. The van der Waals surface area contributed by atoms with Gasteiger partial charge in [-0.15, -0.1) is 12.4 Å². The molecule has 0 saturated carbocycles. The van der Waals surface area contributed by atoms with Gasteiger partial charge >= 0.3 is 0 Å². The van der Waals surface area contributed by atoms with E-state index in [-0.39, 0.29) is 30.3 Å². The number of benzene rings is 1. The topological polar surface area (TPSA) is 69.9 Å². The standard InChI is InChI=1S/C20H30N4O2.ClH/c1-15(20(26)23-10-8-22(9-11-23)16(2)25)24-13-18(12-21)19(14-24)17-6-4-3-5-7-17;/h3-7,15,18-19H,8-14,21H2,1-2H3;1H/t15?,18-,19+;/m1./s1. The van der Waals surface area contributed by atoms with E-state index in [2.05, 4.69) is 29.2 Å². The first-order valence-corrected chi connectivity index (χ1v) is 9.54. The lowest BCUT2D eigenvalue weighted by Crippen LogP contribution is -2.54. The van der Waals surface area contributed by atoms with E-state index >= 15 is 0 Å². The molecule has 6 nitrogen and oxygen atoms in total. The molecule has 27 heavy (non-hydrogen) atoms. The smallest absolute Gasteiger partial charge is 0.239 e. The number of carbonyl (C=O) groups excluding carboxylic acids is 2. The molecule has 0 radical (unpaired) electrons. The predicted molar refractivity (Wildman–Crippen MR) is 109 cm³/mol. The van der Waals surface area contributed by atoms with Gasteiger partial charge < -0.3 is 15.5 Å². The summed E-state index contributed by atoms with van der Waals surface area (Å²) in [5, 5.41) is 0. The van der Waals surface area contributed by atoms with Gasteiger partial charge in [-0.2, -0.15) is 0 Å². The van der Waals surface area contributed by atoms with Gasteiger partial charge in [-0.1, -0.05) is 30.3 Å². The van der Waals surface area contributed by atoms with Crippen molar-refractivity contribution in [1.82, 2.24) is 14.7 Å². The maximum absolute atomic E-state index is 12.9. The quantitative estimate of drug-likeness (QED) is 0.832. The summed E-state index contributed by atoms with van der Waals surface area (Å²) in [5.41, 5.74) is 7.33. The van der Waals surface area contributed by atoms with Gasteiger partial charge in [-0.25, -0.2) is 0 Å². The van der Waals surface area contributed by atoms with E-state index in [9.17, 15) is 9.59 Å². The van der Waals surface area contributed by atoms with Crippen molar-refractivity contribution in [3.05, 3.63) is 35.9 Å². The van der Waals surface area contributed by atoms with E-state index in [1.807, 2.05) is 17.9 Å². The van der Waals surface area contributed by atoms with Crippen molar-refractivity contribution in [2.75, 3.05) is 45.8 Å². The van der Waals surface area contributed by atoms with E-state index in [1.54, 1.807) is 11.8 Å². The molecular weight excluding hydrogens is 364 g/mol. The maximum Gasteiger partial charge on any atom is 0.239 e. The largest absolute Gasteiger partial charge is 0.339 e. The summed E-state index contributed by atoms with van der Waals surface area (Å²) in [6.45, 7) is 8.45. The van der Waals surface area contributed by atoms with Crippen molar-refractivity contribution in [1.29, 1.82) is 0 Å². The van der Waals surface area contributed by atoms with Gasteiger partial charge in [-0.3, -0.25) is 14.5 Å². The van der Waals surface area contributed by atoms with Crippen LogP contribution in [0.1, 0.15) is 25.3 Å². The third-order valence-corrected chi connectivity index (χ3v) is 5.94. The lowest BCUT2D eigenvalue weighted by Gasteiger charge is -2.37. The van der Waals surface area contributed by atoms with Crippen molar-refractivity contribution in [2.45, 2.75) is 25.8 Å². The monoisotopic (exact) mass is 394 g/mol. The number of nitrogens with two attached hydrogens (primary N) is 1. The van der Waals surface area contributed by atoms with E-state index < -0.39 is 0 Å². The third-order valence-electron chi connectivity index (χ3n) is 5.94. The van der Waals surface area contributed by atoms with Crippen molar-refractivity contribution in [3.8, 4) is 0 Å². The van der Waals surface area contributed by atoms with Crippen LogP contribution in [0.25, 0.3) is 0 Å². The molecule has 0 aromatic heterocycles. The minimum atomic E-state index is -0.151. The molecule has 0 bridgehead atoms. The molecule has 3 rings (SSSR count). The molecule has 3 atom stereocenters. The number of amides is 2. The molecule has 150 valence electrons. The summed E-state index contributed by atoms with van der Waals surface area (Å²) in [6.07, 6.45) is 0. The number of hydrogen-bond donors (Lipinski definition) is 1. The van der Waals surface area contributed by atoms with Crippen LogP contribution in [0.2, 0.25) is 0 Å². The Morgan fingerprint density at radius 1 is 1.07 bits per heavy atom. The molecule has 2 aliphatic heterocycles. The van der Waals surface area contributed by atoms with E-state index in [1.165, 1.54) is 5.56 Å². The zero-order chi connectivity index (χ0) is 18.7. The summed E-state index contributed by atoms with van der Waals surface area (Å²) in [7, 11) is 0. The Balaban J connectivity index is 0.00000261. The lowest BCUT2D eigenvalue weighted by molar-refractivity contribution is -0.141. The van der Waals surface area contributed by atoms with Crippen LogP contribution in [0.15, 0.2) is 30.3 Å². The van der Waals surface area contributed by atoms with Crippen molar-refractivity contribution in [2.24, 2.45) is 11.7 Å². The van der Waals surface area contributed by atoms with Crippen LogP contribution in [-0.2, 0) is 9.59 Å². The van der Waals surface area contributed by atoms with Crippen molar-refractivity contribution >= 4 is 24.2 Å². The number of piperazine rings is 1. The van der Waals surface area contributed by atoms with Crippen LogP contribution in [0.4, 0.5) is 0 Å². The van der Waals surface area contributed by atoms with Crippen molar-refractivity contribution in [3.63, 3.8) is 0 Å². The van der Waals surface area contributed by atoms with Crippen LogP contribution in [-0.4, -0.2) is 78.4 Å². The first-order chi connectivity index (χ1) is 12.5. The van der Waals surface area contributed by atoms with Gasteiger partial charge in [0.2, 0.25) is 11.8 Å². The average Bonchev–Trinajstić information content (AvgIpc) is 3.12. The normalized spacial score (nSPS) is 24.4. The molecule has 0 spiro atoms. The SMILES string of the molecule is CC(=O)N1CCN(C(=O)C(C)N2C[C@@H](CN)[C@H](c3ccccc3)C2)CC1.Cl. The molecule has 2 heterocycles. The van der Waals surface area contributed by atoms with Gasteiger partial charge in [0.1, 0.15) is 0 Å². The van der Waals surface area contributed by atoms with Gasteiger partial charge in [0.25, 0.3) is 0 Å². The minimum absolute atomic E-state index is 0. The number of nitrogens with zero attached hydrogens (tertiary/aromatic N) is 3. The van der Waals surface area contributed by atoms with Crippen LogP contribution in [0.3, 0.4) is 0 Å². The third kappa shape index (κ3) is 4.81. The average molecular weight is 395 g/mol. The van der Waals surface area contributed by atoms with Crippen LogP contribution in [0, 0.1) is 5.92 Å². The molecule has 2 amide bonds. The second-order valence-electron chi connectivity index (χ2n) is 7.47. The zero-order valence-electron chi connectivity index (χ0n) is 16.2. The van der Waals surface area contributed by atoms with Crippen molar-refractivity contribution < 1.29 is 9.59 Å². The number of rotatable bonds is 4. The Hall–Kier alpha value is -1.63. The van der Waals surface area contributed by atoms with Gasteiger partial charge in [0.05, 0.1) is 6.04 Å². The fourth-order valence-electron chi connectivity index (χ4n) is 4.20. The summed E-state index contributed by atoms with van der Waals surface area (Å²) in [4.78, 5) is 30.4. The van der Waals surface area contributed by atoms with Crippen LogP contribution >= 0.6 is 12.4 Å². The Morgan fingerprint density at radius 3 is 2.22 bits per heavy atom. The van der Waals surface area contributed by atoms with Gasteiger partial charge in [0, 0.05) is 52.1 Å². The summed E-state index contributed by atoms with van der Waals surface area (Å²) in [6, 6.07) is 10.3. The molecule has 1 aromatic rings. The first kappa shape index (κ1) is 21.7.